The van der Waals surface area contributed by atoms with Crippen molar-refractivity contribution in [3.05, 3.63) is 29.8 Å². The second-order valence-electron chi connectivity index (χ2n) is 6.77. The average molecular weight is 317 g/mol. The van der Waals surface area contributed by atoms with Crippen molar-refractivity contribution in [2.24, 2.45) is 5.92 Å². The van der Waals surface area contributed by atoms with Crippen molar-refractivity contribution < 1.29 is 14.6 Å². The van der Waals surface area contributed by atoms with E-state index in [1.54, 1.807) is 12.1 Å². The van der Waals surface area contributed by atoms with Gasteiger partial charge in [-0.3, -0.25) is 4.79 Å². The molecule has 0 aromatic heterocycles. The molecular weight excluding hydrogens is 290 g/mol. The van der Waals surface area contributed by atoms with Gasteiger partial charge in [-0.25, -0.2) is 0 Å². The Morgan fingerprint density at radius 3 is 2.61 bits per heavy atom. The summed E-state index contributed by atoms with van der Waals surface area (Å²) in [4.78, 5) is 15.0. The molecule has 0 spiro atoms. The van der Waals surface area contributed by atoms with Gasteiger partial charge < -0.3 is 14.7 Å². The van der Waals surface area contributed by atoms with E-state index < -0.39 is 0 Å². The number of likely N-dealkylation sites (tertiary alicyclic amines) is 1. The Morgan fingerprint density at radius 1 is 1.13 bits per heavy atom. The van der Waals surface area contributed by atoms with Gasteiger partial charge in [-0.2, -0.15) is 0 Å². The highest BCUT2D eigenvalue weighted by molar-refractivity contribution is 5.79. The average Bonchev–Trinajstić information content (AvgIpc) is 2.62. The first kappa shape index (κ1) is 16.3. The zero-order valence-electron chi connectivity index (χ0n) is 13.7. The monoisotopic (exact) mass is 317 g/mol. The van der Waals surface area contributed by atoms with Gasteiger partial charge in [0.15, 0.2) is 0 Å². The maximum atomic E-state index is 12.9. The first-order valence-electron chi connectivity index (χ1n) is 8.90. The number of hydrogen-bond acceptors (Lipinski definition) is 3. The molecular formula is C19H27NO3. The van der Waals surface area contributed by atoms with E-state index in [9.17, 15) is 9.90 Å². The highest BCUT2D eigenvalue weighted by Gasteiger charge is 2.32. The maximum Gasteiger partial charge on any atom is 0.226 e. The van der Waals surface area contributed by atoms with Gasteiger partial charge in [0.2, 0.25) is 5.91 Å². The van der Waals surface area contributed by atoms with Crippen LogP contribution >= 0.6 is 0 Å². The minimum absolute atomic E-state index is 0.165. The van der Waals surface area contributed by atoms with E-state index in [4.69, 9.17) is 4.74 Å². The Balaban J connectivity index is 1.59. The molecule has 2 saturated heterocycles. The maximum absolute atomic E-state index is 12.9. The van der Waals surface area contributed by atoms with Crippen molar-refractivity contribution in [1.82, 2.24) is 4.90 Å². The standard InChI is InChI=1S/C19H27NO3/c21-18-8-5-15(6-9-18)4-7-17-3-1-2-12-20(17)19(22)16-10-13-23-14-11-16/h5-6,8-9,16-17,21H,1-4,7,10-14H2. The summed E-state index contributed by atoms with van der Waals surface area (Å²) in [5.41, 5.74) is 1.23. The number of amides is 1. The van der Waals surface area contributed by atoms with Crippen LogP contribution in [0.5, 0.6) is 5.75 Å². The van der Waals surface area contributed by atoms with E-state index in [0.717, 1.165) is 58.3 Å². The molecule has 1 unspecified atom stereocenters. The molecule has 3 rings (SSSR count). The van der Waals surface area contributed by atoms with Crippen LogP contribution < -0.4 is 0 Å². The molecule has 4 heteroatoms. The van der Waals surface area contributed by atoms with Gasteiger partial charge >= 0.3 is 0 Å². The van der Waals surface area contributed by atoms with Gasteiger partial charge in [0, 0.05) is 31.7 Å². The lowest BCUT2D eigenvalue weighted by Gasteiger charge is -2.38. The van der Waals surface area contributed by atoms with E-state index in [1.807, 2.05) is 12.1 Å². The van der Waals surface area contributed by atoms with E-state index in [1.165, 1.54) is 12.0 Å². The van der Waals surface area contributed by atoms with Crippen LogP contribution in [0, 0.1) is 5.92 Å². The number of nitrogens with zero attached hydrogens (tertiary/aromatic N) is 1. The number of rotatable bonds is 4. The molecule has 1 atom stereocenters. The van der Waals surface area contributed by atoms with Crippen molar-refractivity contribution >= 4 is 5.91 Å². The number of piperidine rings is 1. The Morgan fingerprint density at radius 2 is 1.87 bits per heavy atom. The fourth-order valence-electron chi connectivity index (χ4n) is 3.77. The molecule has 0 bridgehead atoms. The first-order valence-corrected chi connectivity index (χ1v) is 8.90. The lowest BCUT2D eigenvalue weighted by atomic mass is 9.92. The number of aryl methyl sites for hydroxylation is 1. The van der Waals surface area contributed by atoms with E-state index in [2.05, 4.69) is 4.90 Å². The lowest BCUT2D eigenvalue weighted by molar-refractivity contribution is -0.142. The number of phenolic OH excluding ortho intramolecular Hbond substituents is 1. The third-order valence-electron chi connectivity index (χ3n) is 5.18. The SMILES string of the molecule is O=C(C1CCOCC1)N1CCCCC1CCc1ccc(O)cc1. The Bertz CT molecular complexity index is 508. The number of benzene rings is 1. The summed E-state index contributed by atoms with van der Waals surface area (Å²) in [5.74, 6) is 0.824. The van der Waals surface area contributed by atoms with Crippen molar-refractivity contribution in [1.29, 1.82) is 0 Å². The molecule has 2 fully saturated rings. The van der Waals surface area contributed by atoms with Crippen LogP contribution in [0.1, 0.15) is 44.1 Å². The minimum atomic E-state index is 0.165. The second-order valence-corrected chi connectivity index (χ2v) is 6.77. The van der Waals surface area contributed by atoms with Crippen LogP contribution in [-0.4, -0.2) is 41.7 Å². The van der Waals surface area contributed by atoms with Gasteiger partial charge in [-0.1, -0.05) is 12.1 Å². The number of phenols is 1. The summed E-state index contributed by atoms with van der Waals surface area (Å²) in [5, 5.41) is 9.37. The zero-order chi connectivity index (χ0) is 16.1. The highest BCUT2D eigenvalue weighted by Crippen LogP contribution is 2.26. The summed E-state index contributed by atoms with van der Waals surface area (Å²) in [6.45, 7) is 2.36. The predicted molar refractivity (Wildman–Crippen MR) is 89.3 cm³/mol. The molecule has 1 N–H and O–H groups in total. The Hall–Kier alpha value is -1.55. The fourth-order valence-corrected chi connectivity index (χ4v) is 3.77. The summed E-state index contributed by atoms with van der Waals surface area (Å²) < 4.78 is 5.39. The van der Waals surface area contributed by atoms with Crippen molar-refractivity contribution in [3.8, 4) is 5.75 Å². The third-order valence-corrected chi connectivity index (χ3v) is 5.18. The van der Waals surface area contributed by atoms with Crippen LogP contribution in [0.4, 0.5) is 0 Å². The molecule has 1 amide bonds. The molecule has 0 aliphatic carbocycles. The molecule has 23 heavy (non-hydrogen) atoms. The number of carbonyl (C=O) groups excluding carboxylic acids is 1. The van der Waals surface area contributed by atoms with Crippen LogP contribution in [0.3, 0.4) is 0 Å². The highest BCUT2D eigenvalue weighted by atomic mass is 16.5. The molecule has 2 aliphatic rings. The van der Waals surface area contributed by atoms with E-state index in [-0.39, 0.29) is 5.92 Å². The van der Waals surface area contributed by atoms with Crippen LogP contribution in [0.15, 0.2) is 24.3 Å². The minimum Gasteiger partial charge on any atom is -0.508 e. The molecule has 2 aliphatic heterocycles. The topological polar surface area (TPSA) is 49.8 Å². The molecule has 4 nitrogen and oxygen atoms in total. The van der Waals surface area contributed by atoms with Gasteiger partial charge in [-0.15, -0.1) is 0 Å². The first-order chi connectivity index (χ1) is 11.2. The summed E-state index contributed by atoms with van der Waals surface area (Å²) in [6, 6.07) is 7.79. The quantitative estimate of drug-likeness (QED) is 0.928. The van der Waals surface area contributed by atoms with Gasteiger partial charge in [0.25, 0.3) is 0 Å². The molecule has 126 valence electrons. The normalized spacial score (nSPS) is 23.0. The van der Waals surface area contributed by atoms with Gasteiger partial charge in [-0.05, 0) is 62.6 Å². The van der Waals surface area contributed by atoms with Crippen LogP contribution in [0.25, 0.3) is 0 Å². The predicted octanol–water partition coefficient (Wildman–Crippen LogP) is 3.13. The van der Waals surface area contributed by atoms with Crippen molar-refractivity contribution in [2.45, 2.75) is 51.0 Å². The molecule has 0 saturated carbocycles. The second kappa shape index (κ2) is 7.82. The smallest absolute Gasteiger partial charge is 0.226 e. The Labute approximate surface area is 138 Å². The number of aromatic hydroxyl groups is 1. The van der Waals surface area contributed by atoms with E-state index in [0.29, 0.717) is 17.7 Å². The molecule has 2 heterocycles. The number of hydrogen-bond donors (Lipinski definition) is 1. The van der Waals surface area contributed by atoms with Gasteiger partial charge in [0.05, 0.1) is 0 Å². The molecule has 1 aromatic rings. The summed E-state index contributed by atoms with van der Waals surface area (Å²) in [6.07, 6.45) is 7.19. The van der Waals surface area contributed by atoms with Crippen molar-refractivity contribution in [3.63, 3.8) is 0 Å². The molecule has 1 aromatic carbocycles. The van der Waals surface area contributed by atoms with Crippen molar-refractivity contribution in [2.75, 3.05) is 19.8 Å². The van der Waals surface area contributed by atoms with Crippen LogP contribution in [0.2, 0.25) is 0 Å². The largest absolute Gasteiger partial charge is 0.508 e. The summed E-state index contributed by atoms with van der Waals surface area (Å²) in [7, 11) is 0. The molecule has 0 radical (unpaired) electrons. The number of carbonyl (C=O) groups is 1. The fraction of sp³-hybridized carbons (Fsp3) is 0.632. The lowest BCUT2D eigenvalue weighted by Crippen LogP contribution is -2.47. The third kappa shape index (κ3) is 4.25. The summed E-state index contributed by atoms with van der Waals surface area (Å²) >= 11 is 0. The van der Waals surface area contributed by atoms with Crippen LogP contribution in [-0.2, 0) is 16.0 Å². The van der Waals surface area contributed by atoms with Gasteiger partial charge in [0.1, 0.15) is 5.75 Å². The van der Waals surface area contributed by atoms with E-state index >= 15 is 0 Å². The number of ether oxygens (including phenoxy) is 1. The zero-order valence-corrected chi connectivity index (χ0v) is 13.7. The Kier molecular flexibility index (Phi) is 5.55.